The maximum atomic E-state index is 11.7. The Morgan fingerprint density at radius 1 is 1.24 bits per heavy atom. The second kappa shape index (κ2) is 4.21. The first-order valence-corrected chi connectivity index (χ1v) is 6.25. The van der Waals surface area contributed by atoms with Crippen LogP contribution in [-0.4, -0.2) is 13.1 Å². The molecule has 1 aliphatic rings. The predicted octanol–water partition coefficient (Wildman–Crippen LogP) is 2.88. The van der Waals surface area contributed by atoms with Gasteiger partial charge in [-0.05, 0) is 32.1 Å². The second-order valence-electron chi connectivity index (χ2n) is 5.80. The van der Waals surface area contributed by atoms with Gasteiger partial charge < -0.3 is 9.32 Å². The lowest BCUT2D eigenvalue weighted by atomic mass is 9.82. The molecule has 1 saturated heterocycles. The molecule has 17 heavy (non-hydrogen) atoms. The van der Waals surface area contributed by atoms with Crippen LogP contribution in [0.2, 0.25) is 0 Å². The first-order chi connectivity index (χ1) is 7.89. The van der Waals surface area contributed by atoms with Crippen LogP contribution in [0.1, 0.15) is 38.0 Å². The van der Waals surface area contributed by atoms with Gasteiger partial charge in [0.1, 0.15) is 5.76 Å². The highest BCUT2D eigenvalue weighted by Crippen LogP contribution is 2.32. The molecule has 0 saturated carbocycles. The van der Waals surface area contributed by atoms with Crippen molar-refractivity contribution in [1.82, 2.24) is 0 Å². The van der Waals surface area contributed by atoms with E-state index in [1.165, 1.54) is 0 Å². The number of nitrogens with zero attached hydrogens (tertiary/aromatic N) is 1. The van der Waals surface area contributed by atoms with Gasteiger partial charge in [0.15, 0.2) is 5.43 Å². The summed E-state index contributed by atoms with van der Waals surface area (Å²) >= 11 is 0. The Labute approximate surface area is 102 Å². The molecule has 94 valence electrons. The third-order valence-electron chi connectivity index (χ3n) is 3.69. The molecule has 2 heterocycles. The van der Waals surface area contributed by atoms with E-state index in [2.05, 4.69) is 18.7 Å². The lowest BCUT2D eigenvalue weighted by Crippen LogP contribution is -2.38. The van der Waals surface area contributed by atoms with Crippen LogP contribution in [0.25, 0.3) is 0 Å². The van der Waals surface area contributed by atoms with Crippen molar-refractivity contribution in [3.8, 4) is 0 Å². The fourth-order valence-electron chi connectivity index (χ4n) is 2.27. The maximum absolute atomic E-state index is 11.7. The van der Waals surface area contributed by atoms with Gasteiger partial charge in [-0.3, -0.25) is 4.79 Å². The zero-order chi connectivity index (χ0) is 12.6. The Hall–Kier alpha value is -1.25. The third-order valence-corrected chi connectivity index (χ3v) is 3.69. The summed E-state index contributed by atoms with van der Waals surface area (Å²) in [5.74, 6) is 1.46. The number of anilines is 1. The van der Waals surface area contributed by atoms with Crippen molar-refractivity contribution in [3.05, 3.63) is 27.6 Å². The minimum Gasteiger partial charge on any atom is -0.445 e. The molecule has 1 aromatic heterocycles. The van der Waals surface area contributed by atoms with Crippen LogP contribution in [0.15, 0.2) is 15.3 Å². The molecule has 0 aliphatic carbocycles. The summed E-state index contributed by atoms with van der Waals surface area (Å²) in [6.45, 7) is 10.2. The molecule has 1 aliphatic heterocycles. The van der Waals surface area contributed by atoms with Crippen molar-refractivity contribution in [2.75, 3.05) is 18.0 Å². The number of hydrogen-bond donors (Lipinski definition) is 0. The molecule has 3 nitrogen and oxygen atoms in total. The molecular weight excluding hydrogens is 214 g/mol. The van der Waals surface area contributed by atoms with Crippen molar-refractivity contribution < 1.29 is 4.42 Å². The van der Waals surface area contributed by atoms with E-state index in [4.69, 9.17) is 4.42 Å². The van der Waals surface area contributed by atoms with Gasteiger partial charge in [0.2, 0.25) is 5.88 Å². The van der Waals surface area contributed by atoms with Crippen molar-refractivity contribution in [2.45, 2.75) is 40.5 Å². The Bertz CT molecular complexity index is 464. The van der Waals surface area contributed by atoms with Crippen LogP contribution >= 0.6 is 0 Å². The van der Waals surface area contributed by atoms with Crippen LogP contribution in [0, 0.1) is 19.3 Å². The van der Waals surface area contributed by atoms with Crippen LogP contribution in [0.5, 0.6) is 0 Å². The zero-order valence-electron chi connectivity index (χ0n) is 11.2. The molecule has 1 fully saturated rings. The molecule has 2 rings (SSSR count). The molecule has 3 heteroatoms. The van der Waals surface area contributed by atoms with E-state index in [9.17, 15) is 4.79 Å². The summed E-state index contributed by atoms with van der Waals surface area (Å²) in [6.07, 6.45) is 2.29. The normalized spacial score (nSPS) is 19.4. The quantitative estimate of drug-likeness (QED) is 0.750. The standard InChI is InChI=1S/C14H21NO2/c1-10-9-12(16)11(2)13(17-10)15-7-5-14(3,4)6-8-15/h9H,5-8H2,1-4H3. The van der Waals surface area contributed by atoms with E-state index in [-0.39, 0.29) is 5.43 Å². The lowest BCUT2D eigenvalue weighted by Gasteiger charge is -2.37. The Kier molecular flexibility index (Phi) is 3.02. The first-order valence-electron chi connectivity index (χ1n) is 6.25. The highest BCUT2D eigenvalue weighted by Gasteiger charge is 2.27. The Balaban J connectivity index is 2.27. The van der Waals surface area contributed by atoms with Gasteiger partial charge in [0, 0.05) is 19.2 Å². The van der Waals surface area contributed by atoms with Gasteiger partial charge in [-0.1, -0.05) is 13.8 Å². The first kappa shape index (κ1) is 12.2. The molecule has 0 aromatic carbocycles. The molecule has 0 amide bonds. The fourth-order valence-corrected chi connectivity index (χ4v) is 2.27. The van der Waals surface area contributed by atoms with E-state index in [0.29, 0.717) is 11.2 Å². The summed E-state index contributed by atoms with van der Waals surface area (Å²) in [7, 11) is 0. The van der Waals surface area contributed by atoms with Crippen molar-refractivity contribution in [2.24, 2.45) is 5.41 Å². The summed E-state index contributed by atoms with van der Waals surface area (Å²) < 4.78 is 5.72. The average molecular weight is 235 g/mol. The fraction of sp³-hybridized carbons (Fsp3) is 0.643. The smallest absolute Gasteiger partial charge is 0.202 e. The number of hydrogen-bond acceptors (Lipinski definition) is 3. The summed E-state index contributed by atoms with van der Waals surface area (Å²) in [5.41, 5.74) is 1.22. The molecule has 1 aromatic rings. The molecule has 0 unspecified atom stereocenters. The van der Waals surface area contributed by atoms with Gasteiger partial charge >= 0.3 is 0 Å². The molecular formula is C14H21NO2. The minimum absolute atomic E-state index is 0.0774. The SMILES string of the molecule is Cc1cc(=O)c(C)c(N2CCC(C)(C)CC2)o1. The second-order valence-corrected chi connectivity index (χ2v) is 5.80. The number of piperidine rings is 1. The van der Waals surface area contributed by atoms with Crippen LogP contribution in [0.4, 0.5) is 5.88 Å². The van der Waals surface area contributed by atoms with E-state index in [1.54, 1.807) is 6.07 Å². The highest BCUT2D eigenvalue weighted by atomic mass is 16.4. The third kappa shape index (κ3) is 2.54. The lowest BCUT2D eigenvalue weighted by molar-refractivity contribution is 0.273. The monoisotopic (exact) mass is 235 g/mol. The van der Waals surface area contributed by atoms with Gasteiger partial charge in [0.05, 0.1) is 5.56 Å². The predicted molar refractivity (Wildman–Crippen MR) is 69.7 cm³/mol. The summed E-state index contributed by atoms with van der Waals surface area (Å²) in [5, 5.41) is 0. The van der Waals surface area contributed by atoms with Gasteiger partial charge in [-0.25, -0.2) is 0 Å². The van der Waals surface area contributed by atoms with Crippen molar-refractivity contribution >= 4 is 5.88 Å². The molecule has 0 atom stereocenters. The number of aryl methyl sites for hydroxylation is 1. The van der Waals surface area contributed by atoms with Gasteiger partial charge in [-0.2, -0.15) is 0 Å². The minimum atomic E-state index is 0.0774. The van der Waals surface area contributed by atoms with Crippen LogP contribution < -0.4 is 10.3 Å². The summed E-state index contributed by atoms with van der Waals surface area (Å²) in [4.78, 5) is 13.9. The van der Waals surface area contributed by atoms with Crippen molar-refractivity contribution in [3.63, 3.8) is 0 Å². The Morgan fingerprint density at radius 3 is 2.41 bits per heavy atom. The molecule has 0 radical (unpaired) electrons. The zero-order valence-corrected chi connectivity index (χ0v) is 11.2. The van der Waals surface area contributed by atoms with E-state index in [0.717, 1.165) is 37.4 Å². The van der Waals surface area contributed by atoms with E-state index in [1.807, 2.05) is 13.8 Å². The topological polar surface area (TPSA) is 33.5 Å². The van der Waals surface area contributed by atoms with Gasteiger partial charge in [0.25, 0.3) is 0 Å². The van der Waals surface area contributed by atoms with E-state index >= 15 is 0 Å². The van der Waals surface area contributed by atoms with Gasteiger partial charge in [-0.15, -0.1) is 0 Å². The number of rotatable bonds is 1. The van der Waals surface area contributed by atoms with Crippen molar-refractivity contribution in [1.29, 1.82) is 0 Å². The molecule has 0 spiro atoms. The van der Waals surface area contributed by atoms with Crippen LogP contribution in [0.3, 0.4) is 0 Å². The largest absolute Gasteiger partial charge is 0.445 e. The molecule has 0 N–H and O–H groups in total. The summed E-state index contributed by atoms with van der Waals surface area (Å²) in [6, 6.07) is 1.56. The van der Waals surface area contributed by atoms with Crippen LogP contribution in [-0.2, 0) is 0 Å². The van der Waals surface area contributed by atoms with E-state index < -0.39 is 0 Å². The highest BCUT2D eigenvalue weighted by molar-refractivity contribution is 5.43. The maximum Gasteiger partial charge on any atom is 0.202 e. The molecule has 0 bridgehead atoms. The average Bonchev–Trinajstić information content (AvgIpc) is 2.24. The Morgan fingerprint density at radius 2 is 1.82 bits per heavy atom.